The van der Waals surface area contributed by atoms with Crippen LogP contribution in [0.1, 0.15) is 49.0 Å². The van der Waals surface area contributed by atoms with Gasteiger partial charge in [0.2, 0.25) is 0 Å². The van der Waals surface area contributed by atoms with Crippen molar-refractivity contribution in [2.45, 2.75) is 44.5 Å². The fraction of sp³-hybridized carbons (Fsp3) is 0.611. The Labute approximate surface area is 130 Å². The van der Waals surface area contributed by atoms with Crippen LogP contribution in [0.25, 0.3) is 11.0 Å². The van der Waals surface area contributed by atoms with Crippen molar-refractivity contribution in [3.63, 3.8) is 0 Å². The fourth-order valence-corrected chi connectivity index (χ4v) is 5.60. The van der Waals surface area contributed by atoms with E-state index in [1.165, 1.54) is 30.3 Å². The number of hydrogen-bond acceptors (Lipinski definition) is 1. The van der Waals surface area contributed by atoms with Gasteiger partial charge < -0.3 is 4.57 Å². The third-order valence-corrected chi connectivity index (χ3v) is 6.42. The number of benzene rings is 1. The summed E-state index contributed by atoms with van der Waals surface area (Å²) in [5.74, 6) is 4.86. The number of hydrogen-bond donors (Lipinski definition) is 0. The largest absolute Gasteiger partial charge is 0.323 e. The second-order valence-corrected chi connectivity index (χ2v) is 8.08. The molecule has 3 aliphatic carbocycles. The number of aryl methyl sites for hydroxylation is 1. The third kappa shape index (κ3) is 1.57. The normalized spacial score (nSPS) is 38.0. The minimum absolute atomic E-state index is 0.0170. The number of aromatic nitrogens is 2. The molecule has 0 aliphatic heterocycles. The van der Waals surface area contributed by atoms with Crippen molar-refractivity contribution in [2.75, 3.05) is 0 Å². The van der Waals surface area contributed by atoms with Crippen LogP contribution >= 0.6 is 11.6 Å². The van der Waals surface area contributed by atoms with Gasteiger partial charge in [0.25, 0.3) is 0 Å². The summed E-state index contributed by atoms with van der Waals surface area (Å²) in [4.78, 5) is 4.86. The van der Waals surface area contributed by atoms with Crippen molar-refractivity contribution < 1.29 is 0 Å². The average molecular weight is 301 g/mol. The molecule has 2 bridgehead atoms. The van der Waals surface area contributed by atoms with Crippen LogP contribution in [0.15, 0.2) is 18.2 Å². The van der Waals surface area contributed by atoms with Crippen molar-refractivity contribution in [1.82, 2.24) is 9.55 Å². The summed E-state index contributed by atoms with van der Waals surface area (Å²) >= 11 is 6.45. The van der Waals surface area contributed by atoms with Crippen LogP contribution in [-0.4, -0.2) is 9.55 Å². The molecule has 1 aromatic heterocycles. The van der Waals surface area contributed by atoms with E-state index < -0.39 is 0 Å². The van der Waals surface area contributed by atoms with Crippen molar-refractivity contribution in [1.29, 1.82) is 0 Å². The number of alkyl halides is 1. The zero-order valence-corrected chi connectivity index (χ0v) is 13.3. The topological polar surface area (TPSA) is 17.8 Å². The zero-order chi connectivity index (χ0) is 14.3. The van der Waals surface area contributed by atoms with E-state index in [-0.39, 0.29) is 5.38 Å². The molecule has 21 heavy (non-hydrogen) atoms. The molecule has 3 saturated carbocycles. The first-order chi connectivity index (χ1) is 10.1. The van der Waals surface area contributed by atoms with Crippen LogP contribution in [0.3, 0.4) is 0 Å². The van der Waals surface area contributed by atoms with Crippen LogP contribution in [0.4, 0.5) is 0 Å². The van der Waals surface area contributed by atoms with Crippen LogP contribution in [0.2, 0.25) is 0 Å². The summed E-state index contributed by atoms with van der Waals surface area (Å²) in [5.41, 5.74) is 3.69. The van der Waals surface area contributed by atoms with Gasteiger partial charge in [-0.05, 0) is 74.5 Å². The quantitative estimate of drug-likeness (QED) is 0.724. The Bertz CT molecular complexity index is 716. The maximum atomic E-state index is 6.45. The third-order valence-electron chi connectivity index (χ3n) is 6.22. The Kier molecular flexibility index (Phi) is 2.41. The summed E-state index contributed by atoms with van der Waals surface area (Å²) < 4.78 is 2.51. The lowest BCUT2D eigenvalue weighted by Crippen LogP contribution is -2.09. The van der Waals surface area contributed by atoms with E-state index >= 15 is 0 Å². The SMILES string of the molecule is Cc1ccc2c(c1)nc(C(C)Cl)n2C1C2C3CCC(C3)C21. The molecule has 1 aromatic carbocycles. The molecule has 110 valence electrons. The van der Waals surface area contributed by atoms with Crippen LogP contribution in [0, 0.1) is 30.6 Å². The van der Waals surface area contributed by atoms with Gasteiger partial charge in [0.15, 0.2) is 0 Å². The monoisotopic (exact) mass is 300 g/mol. The van der Waals surface area contributed by atoms with Gasteiger partial charge in [-0.3, -0.25) is 0 Å². The van der Waals surface area contributed by atoms with E-state index in [4.69, 9.17) is 16.6 Å². The highest BCUT2D eigenvalue weighted by molar-refractivity contribution is 6.20. The van der Waals surface area contributed by atoms with E-state index in [0.717, 1.165) is 35.0 Å². The molecule has 0 saturated heterocycles. The second kappa shape index (κ2) is 4.04. The van der Waals surface area contributed by atoms with Gasteiger partial charge in [-0.25, -0.2) is 4.98 Å². The van der Waals surface area contributed by atoms with Gasteiger partial charge in [-0.1, -0.05) is 6.07 Å². The minimum Gasteiger partial charge on any atom is -0.323 e. The molecule has 5 rings (SSSR count). The molecular weight excluding hydrogens is 280 g/mol. The van der Waals surface area contributed by atoms with Crippen molar-refractivity contribution in [3.05, 3.63) is 29.6 Å². The molecule has 0 N–H and O–H groups in total. The molecule has 2 nitrogen and oxygen atoms in total. The summed E-state index contributed by atoms with van der Waals surface area (Å²) in [7, 11) is 0. The molecule has 5 unspecified atom stereocenters. The standard InChI is InChI=1S/C18H21ClN2/c1-9-3-6-14-13(7-9)20-18(10(2)19)21(14)17-15-11-4-5-12(8-11)16(15)17/h3,6-7,10-12,15-17H,4-5,8H2,1-2H3. The molecule has 0 spiro atoms. The Morgan fingerprint density at radius 1 is 1.24 bits per heavy atom. The molecule has 2 aromatic rings. The van der Waals surface area contributed by atoms with Gasteiger partial charge >= 0.3 is 0 Å². The predicted octanol–water partition coefficient (Wildman–Crippen LogP) is 4.86. The molecule has 0 radical (unpaired) electrons. The zero-order valence-electron chi connectivity index (χ0n) is 12.6. The first-order valence-corrected chi connectivity index (χ1v) is 8.71. The molecule has 1 heterocycles. The molecule has 3 aliphatic rings. The average Bonchev–Trinajstić information content (AvgIpc) is 2.80. The van der Waals surface area contributed by atoms with Gasteiger partial charge in [0.1, 0.15) is 5.82 Å². The lowest BCUT2D eigenvalue weighted by molar-refractivity contribution is 0.451. The Morgan fingerprint density at radius 3 is 2.62 bits per heavy atom. The summed E-state index contributed by atoms with van der Waals surface area (Å²) in [6, 6.07) is 7.33. The van der Waals surface area contributed by atoms with E-state index in [1.807, 2.05) is 0 Å². The van der Waals surface area contributed by atoms with Gasteiger partial charge in [0, 0.05) is 6.04 Å². The minimum atomic E-state index is -0.0170. The van der Waals surface area contributed by atoms with E-state index in [0.29, 0.717) is 6.04 Å². The molecule has 3 heteroatoms. The predicted molar refractivity (Wildman–Crippen MR) is 85.6 cm³/mol. The second-order valence-electron chi connectivity index (χ2n) is 7.43. The van der Waals surface area contributed by atoms with E-state index in [2.05, 4.69) is 36.6 Å². The molecule has 0 amide bonds. The summed E-state index contributed by atoms with van der Waals surface area (Å²) in [6.45, 7) is 4.19. The molecular formula is C18H21ClN2. The maximum Gasteiger partial charge on any atom is 0.127 e. The number of rotatable bonds is 2. The van der Waals surface area contributed by atoms with Gasteiger partial charge in [-0.15, -0.1) is 11.6 Å². The Hall–Kier alpha value is -1.02. The Balaban J connectivity index is 1.67. The van der Waals surface area contributed by atoms with Crippen molar-refractivity contribution in [3.8, 4) is 0 Å². The first-order valence-electron chi connectivity index (χ1n) is 8.27. The lowest BCUT2D eigenvalue weighted by atomic mass is 10.0. The van der Waals surface area contributed by atoms with Gasteiger partial charge in [-0.2, -0.15) is 0 Å². The highest BCUT2D eigenvalue weighted by atomic mass is 35.5. The first kappa shape index (κ1) is 12.5. The van der Waals surface area contributed by atoms with Crippen LogP contribution < -0.4 is 0 Å². The molecule has 5 atom stereocenters. The number of fused-ring (bicyclic) bond motifs is 6. The van der Waals surface area contributed by atoms with Crippen LogP contribution in [0.5, 0.6) is 0 Å². The number of nitrogens with zero attached hydrogens (tertiary/aromatic N) is 2. The maximum absolute atomic E-state index is 6.45. The Morgan fingerprint density at radius 2 is 1.95 bits per heavy atom. The fourth-order valence-electron chi connectivity index (χ4n) is 5.45. The smallest absolute Gasteiger partial charge is 0.127 e. The van der Waals surface area contributed by atoms with Crippen molar-refractivity contribution in [2.24, 2.45) is 23.7 Å². The van der Waals surface area contributed by atoms with E-state index in [9.17, 15) is 0 Å². The summed E-state index contributed by atoms with van der Waals surface area (Å²) in [6.07, 6.45) is 4.41. The summed E-state index contributed by atoms with van der Waals surface area (Å²) in [5, 5.41) is -0.0170. The number of halogens is 1. The van der Waals surface area contributed by atoms with Crippen molar-refractivity contribution >= 4 is 22.6 Å². The lowest BCUT2D eigenvalue weighted by Gasteiger charge is -2.15. The van der Waals surface area contributed by atoms with Gasteiger partial charge in [0.05, 0.1) is 16.4 Å². The highest BCUT2D eigenvalue weighted by Gasteiger charge is 2.66. The highest BCUT2D eigenvalue weighted by Crippen LogP contribution is 2.72. The molecule has 3 fully saturated rings. The number of imidazole rings is 1. The van der Waals surface area contributed by atoms with Crippen LogP contribution in [-0.2, 0) is 0 Å². The van der Waals surface area contributed by atoms with E-state index in [1.54, 1.807) is 0 Å².